The number of likely N-dealkylation sites (N-methyl/N-ethyl adjacent to an activating group) is 2. The average Bonchev–Trinajstić information content (AvgIpc) is 3.14. The summed E-state index contributed by atoms with van der Waals surface area (Å²) < 4.78 is 44.7. The zero-order chi connectivity index (χ0) is 19.9. The Morgan fingerprint density at radius 3 is 2.56 bits per heavy atom. The number of halogens is 4. The van der Waals surface area contributed by atoms with Gasteiger partial charge in [-0.3, -0.25) is 9.69 Å². The first-order valence-corrected chi connectivity index (χ1v) is 8.70. The van der Waals surface area contributed by atoms with Crippen molar-refractivity contribution in [1.82, 2.24) is 9.80 Å². The molecule has 2 aromatic rings. The minimum Gasteiger partial charge on any atom is -0.457 e. The van der Waals surface area contributed by atoms with Crippen molar-refractivity contribution in [3.8, 4) is 11.3 Å². The van der Waals surface area contributed by atoms with Gasteiger partial charge in [-0.1, -0.05) is 11.6 Å². The standard InChI is InChI=1S/C18H14ClF3N2O2S/c1-3-24-16(25)14(23(2)17(24)27)9-11-5-7-15(26-11)10-4-6-13(19)12(8-10)18(20,21)22/h4-9H,3H2,1-2H3/b14-9-. The Bertz CT molecular complexity index is 952. The Morgan fingerprint density at radius 2 is 1.96 bits per heavy atom. The zero-order valence-electron chi connectivity index (χ0n) is 14.3. The van der Waals surface area contributed by atoms with Gasteiger partial charge >= 0.3 is 6.18 Å². The van der Waals surface area contributed by atoms with Crippen LogP contribution in [0.3, 0.4) is 0 Å². The number of rotatable bonds is 3. The van der Waals surface area contributed by atoms with Gasteiger partial charge in [0.25, 0.3) is 5.91 Å². The summed E-state index contributed by atoms with van der Waals surface area (Å²) in [5, 5.41) is -0.000422. The first-order valence-electron chi connectivity index (χ1n) is 7.91. The fourth-order valence-corrected chi connectivity index (χ4v) is 3.24. The van der Waals surface area contributed by atoms with E-state index in [1.807, 2.05) is 6.92 Å². The van der Waals surface area contributed by atoms with Crippen molar-refractivity contribution in [3.63, 3.8) is 0 Å². The molecular weight excluding hydrogens is 401 g/mol. The SMILES string of the molecule is CCN1C(=O)/C(=C/c2ccc(-c3ccc(Cl)c(C(F)(F)F)c3)o2)N(C)C1=S. The van der Waals surface area contributed by atoms with Gasteiger partial charge < -0.3 is 9.32 Å². The molecule has 9 heteroatoms. The molecule has 1 amide bonds. The summed E-state index contributed by atoms with van der Waals surface area (Å²) in [4.78, 5) is 15.4. The lowest BCUT2D eigenvalue weighted by atomic mass is 10.1. The van der Waals surface area contributed by atoms with Crippen molar-refractivity contribution in [2.45, 2.75) is 13.1 Å². The molecule has 1 aliphatic heterocycles. The van der Waals surface area contributed by atoms with Crippen LogP contribution in [0.25, 0.3) is 17.4 Å². The molecule has 142 valence electrons. The summed E-state index contributed by atoms with van der Waals surface area (Å²) in [6.07, 6.45) is -3.06. The van der Waals surface area contributed by atoms with Gasteiger partial charge in [0.1, 0.15) is 17.2 Å². The summed E-state index contributed by atoms with van der Waals surface area (Å²) in [5.41, 5.74) is -0.379. The molecule has 1 aromatic heterocycles. The molecule has 1 fully saturated rings. The number of carbonyl (C=O) groups is 1. The number of benzene rings is 1. The summed E-state index contributed by atoms with van der Waals surface area (Å²) >= 11 is 10.9. The third kappa shape index (κ3) is 3.59. The highest BCUT2D eigenvalue weighted by Gasteiger charge is 2.35. The third-order valence-electron chi connectivity index (χ3n) is 4.12. The molecule has 0 spiro atoms. The highest BCUT2D eigenvalue weighted by Crippen LogP contribution is 2.37. The zero-order valence-corrected chi connectivity index (χ0v) is 15.9. The van der Waals surface area contributed by atoms with Crippen LogP contribution in [-0.4, -0.2) is 34.4 Å². The first-order chi connectivity index (χ1) is 12.6. The Kier molecular flexibility index (Phi) is 5.05. The van der Waals surface area contributed by atoms with Crippen LogP contribution in [0.5, 0.6) is 0 Å². The first kappa shape index (κ1) is 19.4. The Morgan fingerprint density at radius 1 is 1.26 bits per heavy atom. The maximum atomic E-state index is 13.0. The summed E-state index contributed by atoms with van der Waals surface area (Å²) in [6, 6.07) is 6.65. The molecule has 1 aromatic carbocycles. The van der Waals surface area contributed by atoms with Crippen LogP contribution in [0, 0.1) is 0 Å². The van der Waals surface area contributed by atoms with Crippen molar-refractivity contribution >= 4 is 40.9 Å². The summed E-state index contributed by atoms with van der Waals surface area (Å²) in [5.74, 6) is 0.297. The lowest BCUT2D eigenvalue weighted by molar-refractivity contribution is -0.137. The summed E-state index contributed by atoms with van der Waals surface area (Å²) in [6.45, 7) is 2.25. The number of furan rings is 1. The second-order valence-electron chi connectivity index (χ2n) is 5.81. The van der Waals surface area contributed by atoms with E-state index in [0.717, 1.165) is 6.07 Å². The normalized spacial score (nSPS) is 16.7. The molecule has 27 heavy (non-hydrogen) atoms. The molecule has 1 aliphatic rings. The van der Waals surface area contributed by atoms with Gasteiger partial charge in [-0.05, 0) is 49.5 Å². The van der Waals surface area contributed by atoms with E-state index in [0.29, 0.717) is 23.1 Å². The van der Waals surface area contributed by atoms with Crippen molar-refractivity contribution in [1.29, 1.82) is 0 Å². The number of hydrogen-bond acceptors (Lipinski definition) is 3. The number of hydrogen-bond donors (Lipinski definition) is 0. The minimum absolute atomic E-state index is 0.229. The number of carbonyl (C=O) groups excluding carboxylic acids is 1. The van der Waals surface area contributed by atoms with E-state index in [-0.39, 0.29) is 22.3 Å². The average molecular weight is 415 g/mol. The predicted molar refractivity (Wildman–Crippen MR) is 99.9 cm³/mol. The van der Waals surface area contributed by atoms with Crippen LogP contribution < -0.4 is 0 Å². The molecule has 0 bridgehead atoms. The fraction of sp³-hybridized carbons (Fsp3) is 0.222. The van der Waals surface area contributed by atoms with E-state index < -0.39 is 11.7 Å². The monoisotopic (exact) mass is 414 g/mol. The van der Waals surface area contributed by atoms with Gasteiger partial charge in [-0.25, -0.2) is 0 Å². The van der Waals surface area contributed by atoms with Crippen LogP contribution in [0.2, 0.25) is 5.02 Å². The third-order valence-corrected chi connectivity index (χ3v) is 4.95. The van der Waals surface area contributed by atoms with E-state index in [4.69, 9.17) is 28.2 Å². The van der Waals surface area contributed by atoms with Gasteiger partial charge in [0.05, 0.1) is 10.6 Å². The molecule has 0 saturated carbocycles. The van der Waals surface area contributed by atoms with Gasteiger partial charge in [-0.2, -0.15) is 13.2 Å². The lowest BCUT2D eigenvalue weighted by Crippen LogP contribution is -2.30. The molecule has 0 radical (unpaired) electrons. The topological polar surface area (TPSA) is 36.7 Å². The fourth-order valence-electron chi connectivity index (χ4n) is 2.71. The molecule has 3 rings (SSSR count). The van der Waals surface area contributed by atoms with E-state index in [2.05, 4.69) is 0 Å². The van der Waals surface area contributed by atoms with Crippen molar-refractivity contribution in [3.05, 3.63) is 52.4 Å². The van der Waals surface area contributed by atoms with Crippen LogP contribution in [0.4, 0.5) is 13.2 Å². The van der Waals surface area contributed by atoms with Gasteiger partial charge in [0.15, 0.2) is 5.11 Å². The predicted octanol–water partition coefficient (Wildman–Crippen LogP) is 5.04. The molecule has 0 unspecified atom stereocenters. The molecule has 0 aliphatic carbocycles. The minimum atomic E-state index is -4.57. The molecule has 4 nitrogen and oxygen atoms in total. The highest BCUT2D eigenvalue weighted by molar-refractivity contribution is 7.80. The van der Waals surface area contributed by atoms with E-state index in [1.54, 1.807) is 18.0 Å². The Labute approximate surface area is 163 Å². The van der Waals surface area contributed by atoms with Gasteiger partial charge in [-0.15, -0.1) is 0 Å². The van der Waals surface area contributed by atoms with Gasteiger partial charge in [0, 0.05) is 25.2 Å². The van der Waals surface area contributed by atoms with Crippen LogP contribution in [0.15, 0.2) is 40.4 Å². The van der Waals surface area contributed by atoms with Crippen molar-refractivity contribution in [2.75, 3.05) is 13.6 Å². The number of thiocarbonyl (C=S) groups is 1. The molecule has 1 saturated heterocycles. The second kappa shape index (κ2) is 7.01. The molecule has 0 atom stereocenters. The van der Waals surface area contributed by atoms with Crippen molar-refractivity contribution < 1.29 is 22.4 Å². The number of nitrogens with zero attached hydrogens (tertiary/aromatic N) is 2. The Balaban J connectivity index is 1.95. The van der Waals surface area contributed by atoms with Crippen LogP contribution >= 0.6 is 23.8 Å². The van der Waals surface area contributed by atoms with Crippen LogP contribution in [-0.2, 0) is 11.0 Å². The van der Waals surface area contributed by atoms with E-state index in [9.17, 15) is 18.0 Å². The number of amides is 1. The van der Waals surface area contributed by atoms with Crippen molar-refractivity contribution in [2.24, 2.45) is 0 Å². The molecule has 0 N–H and O–H groups in total. The van der Waals surface area contributed by atoms with E-state index >= 15 is 0 Å². The lowest BCUT2D eigenvalue weighted by Gasteiger charge is -2.13. The molecular formula is C18H14ClF3N2O2S. The largest absolute Gasteiger partial charge is 0.457 e. The number of alkyl halides is 3. The highest BCUT2D eigenvalue weighted by atomic mass is 35.5. The maximum Gasteiger partial charge on any atom is 0.417 e. The second-order valence-corrected chi connectivity index (χ2v) is 6.59. The Hall–Kier alpha value is -2.32. The smallest absolute Gasteiger partial charge is 0.417 e. The molecule has 2 heterocycles. The quantitative estimate of drug-likeness (QED) is 0.521. The summed E-state index contributed by atoms with van der Waals surface area (Å²) in [7, 11) is 1.67. The van der Waals surface area contributed by atoms with Gasteiger partial charge in [0.2, 0.25) is 0 Å². The maximum absolute atomic E-state index is 13.0. The van der Waals surface area contributed by atoms with Crippen LogP contribution in [0.1, 0.15) is 18.2 Å². The van der Waals surface area contributed by atoms with E-state index in [1.165, 1.54) is 29.2 Å².